The van der Waals surface area contributed by atoms with Gasteiger partial charge in [0.15, 0.2) is 12.4 Å². The maximum absolute atomic E-state index is 11.5. The lowest BCUT2D eigenvalue weighted by Gasteiger charge is -2.43. The highest BCUT2D eigenvalue weighted by atomic mass is 32.2. The average molecular weight is 385 g/mol. The zero-order valence-corrected chi connectivity index (χ0v) is 15.1. The van der Waals surface area contributed by atoms with Gasteiger partial charge in [0.1, 0.15) is 24.4 Å². The molecule has 146 valence electrons. The molecule has 1 rings (SSSR count). The smallest absolute Gasteiger partial charge is 0.334 e. The van der Waals surface area contributed by atoms with E-state index in [1.165, 1.54) is 13.8 Å². The van der Waals surface area contributed by atoms with Gasteiger partial charge in [0.2, 0.25) is 5.91 Å². The Morgan fingerprint density at radius 3 is 2.40 bits per heavy atom. The van der Waals surface area contributed by atoms with Crippen LogP contribution in [0, 0.1) is 0 Å². The molecule has 0 aromatic rings. The predicted molar refractivity (Wildman–Crippen MR) is 81.6 cm³/mol. The Hall–Kier alpha value is -1.31. The largest absolute Gasteiger partial charge is 0.467 e. The van der Waals surface area contributed by atoms with Crippen molar-refractivity contribution in [3.8, 4) is 0 Å². The fourth-order valence-corrected chi connectivity index (χ4v) is 2.65. The summed E-state index contributed by atoms with van der Waals surface area (Å²) in [6.07, 6.45) is -6.00. The van der Waals surface area contributed by atoms with Crippen LogP contribution in [-0.4, -0.2) is 87.2 Å². The second-order valence-electron chi connectivity index (χ2n) is 5.54. The van der Waals surface area contributed by atoms with E-state index in [1.54, 1.807) is 0 Å². The predicted octanol–water partition coefficient (Wildman–Crippen LogP) is -2.51. The topological polar surface area (TPSA) is 158 Å². The summed E-state index contributed by atoms with van der Waals surface area (Å²) in [6.45, 7) is 1.95. The lowest BCUT2D eigenvalue weighted by molar-refractivity contribution is -0.266. The number of hydrogen-bond donors (Lipinski definition) is 3. The molecule has 0 radical (unpaired) electrons. The second-order valence-corrected chi connectivity index (χ2v) is 7.18. The first-order valence-electron chi connectivity index (χ1n) is 7.32. The summed E-state index contributed by atoms with van der Waals surface area (Å²) < 4.78 is 41.8. The number of methoxy groups -OCH3 is 1. The Labute approximate surface area is 145 Å². The quantitative estimate of drug-likeness (QED) is 0.316. The van der Waals surface area contributed by atoms with Gasteiger partial charge in [-0.25, -0.2) is 4.79 Å². The summed E-state index contributed by atoms with van der Waals surface area (Å²) in [4.78, 5) is 22.8. The summed E-state index contributed by atoms with van der Waals surface area (Å²) in [5.74, 6) is -1.27. The Morgan fingerprint density at radius 1 is 1.32 bits per heavy atom. The maximum atomic E-state index is 11.5. The Bertz CT molecular complexity index is 579. The van der Waals surface area contributed by atoms with E-state index in [9.17, 15) is 28.2 Å². The van der Waals surface area contributed by atoms with Crippen LogP contribution in [0.25, 0.3) is 0 Å². The molecule has 0 bridgehead atoms. The standard InChI is InChI=1S/C13H23NO10S/c1-6(12(17)21-3)23-11-9(14-7(2)15)13(18)24-8(10(11)16)5-22-25(4,19)20/h6,8-11,13,16,18H,5H2,1-4H3,(H,14,15)/t6?,8-,9-,10-,11-,13+/m1/s1. The van der Waals surface area contributed by atoms with E-state index in [4.69, 9.17) is 9.47 Å². The van der Waals surface area contributed by atoms with Gasteiger partial charge >= 0.3 is 5.97 Å². The van der Waals surface area contributed by atoms with E-state index in [1.807, 2.05) is 0 Å². The van der Waals surface area contributed by atoms with Gasteiger partial charge in [-0.05, 0) is 6.92 Å². The molecule has 1 aliphatic heterocycles. The molecule has 11 nitrogen and oxygen atoms in total. The van der Waals surface area contributed by atoms with Crippen molar-refractivity contribution in [1.29, 1.82) is 0 Å². The monoisotopic (exact) mass is 385 g/mol. The molecule has 25 heavy (non-hydrogen) atoms. The molecule has 1 fully saturated rings. The highest BCUT2D eigenvalue weighted by molar-refractivity contribution is 7.85. The van der Waals surface area contributed by atoms with Crippen molar-refractivity contribution >= 4 is 22.0 Å². The van der Waals surface area contributed by atoms with E-state index in [0.29, 0.717) is 0 Å². The molecule has 1 saturated heterocycles. The van der Waals surface area contributed by atoms with E-state index in [0.717, 1.165) is 13.4 Å². The molecule has 1 unspecified atom stereocenters. The van der Waals surface area contributed by atoms with Crippen LogP contribution in [0.4, 0.5) is 0 Å². The van der Waals surface area contributed by atoms with Crippen LogP contribution in [0.5, 0.6) is 0 Å². The summed E-state index contributed by atoms with van der Waals surface area (Å²) in [7, 11) is -2.67. The van der Waals surface area contributed by atoms with Crippen LogP contribution in [0.15, 0.2) is 0 Å². The number of hydrogen-bond acceptors (Lipinski definition) is 10. The highest BCUT2D eigenvalue weighted by Crippen LogP contribution is 2.24. The lowest BCUT2D eigenvalue weighted by atomic mass is 9.96. The van der Waals surface area contributed by atoms with Crippen LogP contribution in [0.3, 0.4) is 0 Å². The number of amides is 1. The second kappa shape index (κ2) is 8.87. The first-order valence-corrected chi connectivity index (χ1v) is 9.14. The molecule has 0 aliphatic carbocycles. The molecule has 3 N–H and O–H groups in total. The molecule has 1 aliphatic rings. The molecule has 6 atom stereocenters. The minimum Gasteiger partial charge on any atom is -0.467 e. The summed E-state index contributed by atoms with van der Waals surface area (Å²) in [5, 5.41) is 22.8. The zero-order valence-electron chi connectivity index (χ0n) is 14.2. The summed E-state index contributed by atoms with van der Waals surface area (Å²) in [5.41, 5.74) is 0. The molecule has 0 saturated carbocycles. The van der Waals surface area contributed by atoms with Crippen molar-refractivity contribution in [2.45, 2.75) is 50.6 Å². The van der Waals surface area contributed by atoms with E-state index in [-0.39, 0.29) is 0 Å². The average Bonchev–Trinajstić information content (AvgIpc) is 2.50. The molecule has 1 amide bonds. The Morgan fingerprint density at radius 2 is 1.92 bits per heavy atom. The van der Waals surface area contributed by atoms with Crippen LogP contribution >= 0.6 is 0 Å². The number of ether oxygens (including phenoxy) is 3. The zero-order chi connectivity index (χ0) is 19.4. The highest BCUT2D eigenvalue weighted by Gasteiger charge is 2.47. The molecular formula is C13H23NO10S. The van der Waals surface area contributed by atoms with Crippen LogP contribution in [0.1, 0.15) is 13.8 Å². The van der Waals surface area contributed by atoms with Crippen molar-refractivity contribution in [3.63, 3.8) is 0 Å². The van der Waals surface area contributed by atoms with Gasteiger partial charge in [-0.1, -0.05) is 0 Å². The van der Waals surface area contributed by atoms with Gasteiger partial charge in [0.25, 0.3) is 10.1 Å². The number of nitrogens with one attached hydrogen (secondary N) is 1. The summed E-state index contributed by atoms with van der Waals surface area (Å²) in [6, 6.07) is -1.20. The van der Waals surface area contributed by atoms with Gasteiger partial charge in [0, 0.05) is 6.92 Å². The van der Waals surface area contributed by atoms with E-state index < -0.39 is 65.3 Å². The minimum atomic E-state index is -3.81. The molecule has 1 heterocycles. The first-order chi connectivity index (χ1) is 11.5. The number of carbonyl (C=O) groups is 2. The normalized spacial score (nSPS) is 31.2. The number of aliphatic hydroxyl groups is 2. The fourth-order valence-electron chi connectivity index (χ4n) is 2.27. The van der Waals surface area contributed by atoms with E-state index in [2.05, 4.69) is 14.2 Å². The van der Waals surface area contributed by atoms with Gasteiger partial charge in [-0.3, -0.25) is 8.98 Å². The van der Waals surface area contributed by atoms with Gasteiger partial charge in [-0.2, -0.15) is 8.42 Å². The summed E-state index contributed by atoms with van der Waals surface area (Å²) >= 11 is 0. The van der Waals surface area contributed by atoms with E-state index >= 15 is 0 Å². The lowest BCUT2D eigenvalue weighted by Crippen LogP contribution is -2.65. The van der Waals surface area contributed by atoms with Crippen molar-refractivity contribution < 1.29 is 46.6 Å². The van der Waals surface area contributed by atoms with Gasteiger partial charge in [-0.15, -0.1) is 0 Å². The number of carbonyl (C=O) groups excluding carboxylic acids is 2. The SMILES string of the molecule is COC(=O)C(C)O[C@H]1[C@H](O)[C@@H](COS(C)(=O)=O)O[C@H](O)[C@@H]1NC(C)=O. The van der Waals surface area contributed by atoms with Gasteiger partial charge in [0.05, 0.1) is 20.0 Å². The Balaban J connectivity index is 2.98. The third kappa shape index (κ3) is 6.49. The minimum absolute atomic E-state index is 0.537. The first kappa shape index (κ1) is 21.7. The number of rotatable bonds is 7. The molecule has 12 heteroatoms. The van der Waals surface area contributed by atoms with Crippen LogP contribution < -0.4 is 5.32 Å². The molecule has 0 spiro atoms. The fraction of sp³-hybridized carbons (Fsp3) is 0.846. The van der Waals surface area contributed by atoms with Crippen LogP contribution in [-0.2, 0) is 38.1 Å². The number of esters is 1. The third-order valence-electron chi connectivity index (χ3n) is 3.40. The van der Waals surface area contributed by atoms with Crippen molar-refractivity contribution in [1.82, 2.24) is 5.32 Å². The molecule has 0 aromatic carbocycles. The number of aliphatic hydroxyl groups excluding tert-OH is 2. The van der Waals surface area contributed by atoms with Crippen molar-refractivity contribution in [2.24, 2.45) is 0 Å². The van der Waals surface area contributed by atoms with Crippen molar-refractivity contribution in [3.05, 3.63) is 0 Å². The third-order valence-corrected chi connectivity index (χ3v) is 3.97. The maximum Gasteiger partial charge on any atom is 0.334 e. The Kier molecular flexibility index (Phi) is 7.71. The van der Waals surface area contributed by atoms with Gasteiger partial charge < -0.3 is 29.7 Å². The molecule has 0 aromatic heterocycles. The van der Waals surface area contributed by atoms with Crippen molar-refractivity contribution in [2.75, 3.05) is 20.0 Å². The van der Waals surface area contributed by atoms with Crippen LogP contribution in [0.2, 0.25) is 0 Å². The molecular weight excluding hydrogens is 362 g/mol.